The van der Waals surface area contributed by atoms with Gasteiger partial charge >= 0.3 is 5.97 Å². The van der Waals surface area contributed by atoms with Crippen molar-refractivity contribution in [3.63, 3.8) is 0 Å². The molecule has 4 aliphatic carbocycles. The molecule has 0 unspecified atom stereocenters. The molecule has 0 N–H and O–H groups in total. The molecular formula is C19H21ClO3. The predicted octanol–water partition coefficient (Wildman–Crippen LogP) is 4.37. The van der Waals surface area contributed by atoms with E-state index in [-0.39, 0.29) is 16.6 Å². The monoisotopic (exact) mass is 332 g/mol. The van der Waals surface area contributed by atoms with Gasteiger partial charge < -0.3 is 4.74 Å². The Bertz CT molecular complexity index is 650. The molecule has 0 saturated heterocycles. The van der Waals surface area contributed by atoms with Crippen LogP contribution in [0.1, 0.15) is 55.8 Å². The van der Waals surface area contributed by atoms with Gasteiger partial charge in [-0.2, -0.15) is 0 Å². The molecule has 2 atom stereocenters. The summed E-state index contributed by atoms with van der Waals surface area (Å²) >= 11 is 6.78. The van der Waals surface area contributed by atoms with Gasteiger partial charge in [-0.3, -0.25) is 9.59 Å². The van der Waals surface area contributed by atoms with Crippen molar-refractivity contribution in [1.29, 1.82) is 0 Å². The topological polar surface area (TPSA) is 43.4 Å². The largest absolute Gasteiger partial charge is 0.426 e. The summed E-state index contributed by atoms with van der Waals surface area (Å²) in [5, 5.41) is 0. The average Bonchev–Trinajstić information content (AvgIpc) is 2.45. The number of rotatable bonds is 3. The lowest BCUT2D eigenvalue weighted by Crippen LogP contribution is -2.56. The second kappa shape index (κ2) is 5.07. The van der Waals surface area contributed by atoms with Crippen LogP contribution in [0.3, 0.4) is 0 Å². The minimum atomic E-state index is -0.398. The third-order valence-electron chi connectivity index (χ3n) is 5.89. The van der Waals surface area contributed by atoms with Gasteiger partial charge in [0, 0.05) is 10.4 Å². The van der Waals surface area contributed by atoms with Gasteiger partial charge in [-0.15, -0.1) is 11.6 Å². The van der Waals surface area contributed by atoms with Crippen molar-refractivity contribution < 1.29 is 14.3 Å². The van der Waals surface area contributed by atoms with E-state index in [4.69, 9.17) is 16.3 Å². The maximum Gasteiger partial charge on any atom is 0.317 e. The highest BCUT2D eigenvalue weighted by Gasteiger charge is 2.60. The van der Waals surface area contributed by atoms with Gasteiger partial charge in [0.2, 0.25) is 0 Å². The quantitative estimate of drug-likeness (QED) is 0.357. The van der Waals surface area contributed by atoms with Gasteiger partial charge in [0.15, 0.2) is 5.78 Å². The van der Waals surface area contributed by atoms with Crippen molar-refractivity contribution in [2.24, 2.45) is 17.3 Å². The summed E-state index contributed by atoms with van der Waals surface area (Å²) in [5.41, 5.74) is 0.227. The standard InChI is InChI=1S/C19H21ClO3/c1-12(21)15-2-4-16(5-3-15)23-17(22)18-7-13-6-14(8-18)10-19(20,9-13)11-18/h2-5,13-14H,6-11H2,1H3/t13-,14-,18?,19?/m1/s1. The van der Waals surface area contributed by atoms with Gasteiger partial charge in [0.05, 0.1) is 5.41 Å². The number of carbonyl (C=O) groups is 2. The second-order valence-corrected chi connectivity index (χ2v) is 8.66. The number of halogens is 1. The predicted molar refractivity (Wildman–Crippen MR) is 87.8 cm³/mol. The Hall–Kier alpha value is -1.35. The Morgan fingerprint density at radius 2 is 1.70 bits per heavy atom. The van der Waals surface area contributed by atoms with Gasteiger partial charge in [0.1, 0.15) is 5.75 Å². The number of Topliss-reactive ketones (excluding diaryl/α,β-unsaturated/α-hetero) is 1. The molecule has 4 bridgehead atoms. The van der Waals surface area contributed by atoms with Crippen LogP contribution in [0.4, 0.5) is 0 Å². The lowest BCUT2D eigenvalue weighted by Gasteiger charge is -2.58. The van der Waals surface area contributed by atoms with Crippen LogP contribution in [0, 0.1) is 17.3 Å². The first-order valence-corrected chi connectivity index (χ1v) is 8.78. The fourth-order valence-corrected chi connectivity index (χ4v) is 6.05. The molecule has 0 aromatic heterocycles. The number of hydrogen-bond acceptors (Lipinski definition) is 3. The molecule has 0 radical (unpaired) electrons. The van der Waals surface area contributed by atoms with Crippen molar-refractivity contribution in [3.8, 4) is 5.75 Å². The van der Waals surface area contributed by atoms with Crippen LogP contribution >= 0.6 is 11.6 Å². The molecule has 1 aromatic rings. The van der Waals surface area contributed by atoms with Crippen molar-refractivity contribution >= 4 is 23.4 Å². The van der Waals surface area contributed by atoms with Crippen LogP contribution in [0.5, 0.6) is 5.75 Å². The van der Waals surface area contributed by atoms with E-state index < -0.39 is 5.41 Å². The minimum absolute atomic E-state index is 0.00745. The van der Waals surface area contributed by atoms with Crippen molar-refractivity contribution in [2.75, 3.05) is 0 Å². The number of ether oxygens (including phenoxy) is 1. The highest BCUT2D eigenvalue weighted by molar-refractivity contribution is 6.24. The summed E-state index contributed by atoms with van der Waals surface area (Å²) in [6.45, 7) is 1.52. The Labute approximate surface area is 141 Å². The number of esters is 1. The Morgan fingerprint density at radius 3 is 2.22 bits per heavy atom. The normalized spacial score (nSPS) is 37.7. The molecule has 122 valence electrons. The Morgan fingerprint density at radius 1 is 1.09 bits per heavy atom. The molecular weight excluding hydrogens is 312 g/mol. The SMILES string of the molecule is CC(=O)c1ccc(OC(=O)C23C[C@H]4C[C@@H](CC(Cl)(C4)C2)C3)cc1. The third-order valence-corrected chi connectivity index (χ3v) is 6.34. The molecule has 0 aliphatic heterocycles. The summed E-state index contributed by atoms with van der Waals surface area (Å²) in [6.07, 6.45) is 5.90. The third kappa shape index (κ3) is 2.59. The van der Waals surface area contributed by atoms with E-state index >= 15 is 0 Å². The van der Waals surface area contributed by atoms with E-state index in [1.54, 1.807) is 24.3 Å². The highest BCUT2D eigenvalue weighted by Crippen LogP contribution is 2.64. The summed E-state index contributed by atoms with van der Waals surface area (Å²) in [6, 6.07) is 6.80. The fourth-order valence-electron chi connectivity index (χ4n) is 5.36. The molecule has 23 heavy (non-hydrogen) atoms. The van der Waals surface area contributed by atoms with E-state index in [1.165, 1.54) is 13.3 Å². The van der Waals surface area contributed by atoms with Crippen molar-refractivity contribution in [3.05, 3.63) is 29.8 Å². The molecule has 1 aromatic carbocycles. The lowest BCUT2D eigenvalue weighted by atomic mass is 9.49. The summed E-state index contributed by atoms with van der Waals surface area (Å²) < 4.78 is 5.67. The van der Waals surface area contributed by atoms with Crippen molar-refractivity contribution in [2.45, 2.75) is 50.3 Å². The van der Waals surface area contributed by atoms with E-state index in [0.29, 0.717) is 23.1 Å². The molecule has 0 heterocycles. The zero-order valence-electron chi connectivity index (χ0n) is 13.3. The molecule has 4 heteroatoms. The molecule has 4 saturated carbocycles. The van der Waals surface area contributed by atoms with Gasteiger partial charge in [-0.05, 0) is 81.5 Å². The Kier molecular flexibility index (Phi) is 3.35. The van der Waals surface area contributed by atoms with Crippen LogP contribution in [-0.4, -0.2) is 16.6 Å². The number of carbonyl (C=O) groups excluding carboxylic acids is 2. The first-order chi connectivity index (χ1) is 10.9. The van der Waals surface area contributed by atoms with Crippen LogP contribution in [0.25, 0.3) is 0 Å². The molecule has 3 nitrogen and oxygen atoms in total. The van der Waals surface area contributed by atoms with Gasteiger partial charge in [-0.1, -0.05) is 0 Å². The highest BCUT2D eigenvalue weighted by atomic mass is 35.5. The molecule has 5 rings (SSSR count). The second-order valence-electron chi connectivity index (χ2n) is 7.86. The number of ketones is 1. The minimum Gasteiger partial charge on any atom is -0.426 e. The Balaban J connectivity index is 1.54. The van der Waals surface area contributed by atoms with Crippen LogP contribution < -0.4 is 4.74 Å². The van der Waals surface area contributed by atoms with E-state index in [0.717, 1.165) is 32.1 Å². The zero-order chi connectivity index (χ0) is 16.2. The average molecular weight is 333 g/mol. The maximum atomic E-state index is 12.9. The summed E-state index contributed by atoms with van der Waals surface area (Å²) in [5.74, 6) is 1.53. The molecule has 4 aliphatic rings. The van der Waals surface area contributed by atoms with Gasteiger partial charge in [0.25, 0.3) is 0 Å². The number of benzene rings is 1. The van der Waals surface area contributed by atoms with Crippen LogP contribution in [0.15, 0.2) is 24.3 Å². The van der Waals surface area contributed by atoms with E-state index in [1.807, 2.05) is 0 Å². The first-order valence-electron chi connectivity index (χ1n) is 8.40. The van der Waals surface area contributed by atoms with E-state index in [9.17, 15) is 9.59 Å². The maximum absolute atomic E-state index is 12.9. The van der Waals surface area contributed by atoms with Gasteiger partial charge in [-0.25, -0.2) is 0 Å². The molecule has 0 spiro atoms. The lowest BCUT2D eigenvalue weighted by molar-refractivity contribution is -0.160. The smallest absolute Gasteiger partial charge is 0.317 e. The van der Waals surface area contributed by atoms with Crippen LogP contribution in [-0.2, 0) is 4.79 Å². The number of alkyl halides is 1. The summed E-state index contributed by atoms with van der Waals surface area (Å²) in [4.78, 5) is 24.0. The zero-order valence-corrected chi connectivity index (χ0v) is 14.1. The van der Waals surface area contributed by atoms with Crippen LogP contribution in [0.2, 0.25) is 0 Å². The first kappa shape index (κ1) is 15.2. The molecule has 0 amide bonds. The van der Waals surface area contributed by atoms with E-state index in [2.05, 4.69) is 0 Å². The summed E-state index contributed by atoms with van der Waals surface area (Å²) in [7, 11) is 0. The molecule has 4 fully saturated rings. The fraction of sp³-hybridized carbons (Fsp3) is 0.579. The van der Waals surface area contributed by atoms with Crippen molar-refractivity contribution in [1.82, 2.24) is 0 Å². The number of hydrogen-bond donors (Lipinski definition) is 0.